The second-order valence-corrected chi connectivity index (χ2v) is 6.44. The fourth-order valence-electron chi connectivity index (χ4n) is 3.90. The Labute approximate surface area is 122 Å². The zero-order chi connectivity index (χ0) is 13.9. The number of hydrogen-bond acceptors (Lipinski definition) is 3. The molecule has 2 bridgehead atoms. The fraction of sp³-hybridized carbons (Fsp3) is 0.647. The molecule has 0 aliphatic carbocycles. The number of likely N-dealkylation sites (tertiary alicyclic amines) is 1. The Morgan fingerprint density at radius 1 is 1.15 bits per heavy atom. The molecule has 3 atom stereocenters. The quantitative estimate of drug-likeness (QED) is 0.909. The maximum absolute atomic E-state index is 6.03. The van der Waals surface area contributed by atoms with Crippen LogP contribution in [0.2, 0.25) is 0 Å². The molecular weight excluding hydrogens is 246 g/mol. The van der Waals surface area contributed by atoms with Crippen molar-refractivity contribution in [1.82, 2.24) is 9.80 Å². The van der Waals surface area contributed by atoms with Crippen LogP contribution in [0.3, 0.4) is 0 Å². The molecule has 0 spiro atoms. The van der Waals surface area contributed by atoms with Crippen molar-refractivity contribution >= 4 is 0 Å². The van der Waals surface area contributed by atoms with Gasteiger partial charge in [-0.05, 0) is 38.4 Å². The van der Waals surface area contributed by atoms with E-state index in [1.54, 1.807) is 0 Å². The average molecular weight is 273 g/mol. The highest BCUT2D eigenvalue weighted by molar-refractivity contribution is 5.20. The molecule has 2 heterocycles. The van der Waals surface area contributed by atoms with Crippen LogP contribution >= 0.6 is 0 Å². The van der Waals surface area contributed by atoms with E-state index in [0.717, 1.165) is 25.2 Å². The third-order valence-corrected chi connectivity index (χ3v) is 5.27. The molecule has 2 fully saturated rings. The number of benzene rings is 1. The first-order valence-electron chi connectivity index (χ1n) is 7.97. The van der Waals surface area contributed by atoms with E-state index in [2.05, 4.69) is 47.2 Å². The van der Waals surface area contributed by atoms with Crippen LogP contribution in [-0.4, -0.2) is 55.1 Å². The zero-order valence-electron chi connectivity index (χ0n) is 12.5. The predicted octanol–water partition coefficient (Wildman–Crippen LogP) is 1.90. The van der Waals surface area contributed by atoms with Crippen molar-refractivity contribution < 1.29 is 0 Å². The van der Waals surface area contributed by atoms with Gasteiger partial charge in [0.15, 0.2) is 0 Å². The number of rotatable bonds is 4. The molecule has 110 valence electrons. The second-order valence-electron chi connectivity index (χ2n) is 6.44. The van der Waals surface area contributed by atoms with E-state index >= 15 is 0 Å². The molecule has 3 rings (SSSR count). The lowest BCUT2D eigenvalue weighted by Crippen LogP contribution is -2.39. The van der Waals surface area contributed by atoms with Gasteiger partial charge in [0.05, 0.1) is 0 Å². The van der Waals surface area contributed by atoms with Crippen LogP contribution in [0.1, 0.15) is 30.7 Å². The van der Waals surface area contributed by atoms with Gasteiger partial charge in [0.25, 0.3) is 0 Å². The number of fused-ring (bicyclic) bond motifs is 2. The molecule has 1 aromatic rings. The Morgan fingerprint density at radius 3 is 2.65 bits per heavy atom. The molecule has 0 amide bonds. The van der Waals surface area contributed by atoms with E-state index in [0.29, 0.717) is 5.92 Å². The third-order valence-electron chi connectivity index (χ3n) is 5.27. The van der Waals surface area contributed by atoms with E-state index in [9.17, 15) is 0 Å². The monoisotopic (exact) mass is 273 g/mol. The SMILES string of the molecule is CN1C2CCC1CN(CC(CN)c1ccccc1)CC2. The first kappa shape index (κ1) is 14.1. The lowest BCUT2D eigenvalue weighted by atomic mass is 9.98. The molecular formula is C17H27N3. The maximum atomic E-state index is 6.03. The van der Waals surface area contributed by atoms with E-state index in [1.165, 1.54) is 37.9 Å². The van der Waals surface area contributed by atoms with Gasteiger partial charge >= 0.3 is 0 Å². The third kappa shape index (κ3) is 2.90. The summed E-state index contributed by atoms with van der Waals surface area (Å²) in [4.78, 5) is 5.25. The molecule has 1 aromatic carbocycles. The number of likely N-dealkylation sites (N-methyl/N-ethyl adjacent to an activating group) is 1. The number of nitrogens with zero attached hydrogens (tertiary/aromatic N) is 2. The van der Waals surface area contributed by atoms with Gasteiger partial charge in [0.2, 0.25) is 0 Å². The van der Waals surface area contributed by atoms with Gasteiger partial charge in [-0.2, -0.15) is 0 Å². The summed E-state index contributed by atoms with van der Waals surface area (Å²) >= 11 is 0. The van der Waals surface area contributed by atoms with Crippen LogP contribution in [0, 0.1) is 0 Å². The highest BCUT2D eigenvalue weighted by Gasteiger charge is 2.34. The molecule has 3 nitrogen and oxygen atoms in total. The Bertz CT molecular complexity index is 420. The minimum atomic E-state index is 0.470. The van der Waals surface area contributed by atoms with Crippen LogP contribution in [0.25, 0.3) is 0 Å². The summed E-state index contributed by atoms with van der Waals surface area (Å²) in [5, 5.41) is 0. The fourth-order valence-corrected chi connectivity index (χ4v) is 3.90. The van der Waals surface area contributed by atoms with Crippen molar-refractivity contribution in [3.8, 4) is 0 Å². The molecule has 2 N–H and O–H groups in total. The van der Waals surface area contributed by atoms with Crippen LogP contribution < -0.4 is 5.73 Å². The van der Waals surface area contributed by atoms with Gasteiger partial charge < -0.3 is 10.6 Å². The predicted molar refractivity (Wildman–Crippen MR) is 83.9 cm³/mol. The summed E-state index contributed by atoms with van der Waals surface area (Å²) in [6.45, 7) is 4.30. The van der Waals surface area contributed by atoms with Crippen molar-refractivity contribution in [1.29, 1.82) is 0 Å². The minimum Gasteiger partial charge on any atom is -0.330 e. The van der Waals surface area contributed by atoms with Gasteiger partial charge in [0.1, 0.15) is 0 Å². The summed E-state index contributed by atoms with van der Waals surface area (Å²) in [5.74, 6) is 0.470. The summed E-state index contributed by atoms with van der Waals surface area (Å²) in [5.41, 5.74) is 7.41. The summed E-state index contributed by atoms with van der Waals surface area (Å²) < 4.78 is 0. The van der Waals surface area contributed by atoms with Crippen molar-refractivity contribution in [3.05, 3.63) is 35.9 Å². The zero-order valence-corrected chi connectivity index (χ0v) is 12.5. The molecule has 20 heavy (non-hydrogen) atoms. The van der Waals surface area contributed by atoms with E-state index in [-0.39, 0.29) is 0 Å². The Hall–Kier alpha value is -0.900. The van der Waals surface area contributed by atoms with Crippen molar-refractivity contribution in [2.24, 2.45) is 5.73 Å². The highest BCUT2D eigenvalue weighted by atomic mass is 15.3. The summed E-state index contributed by atoms with van der Waals surface area (Å²) in [7, 11) is 2.31. The van der Waals surface area contributed by atoms with Crippen LogP contribution in [-0.2, 0) is 0 Å². The van der Waals surface area contributed by atoms with E-state index in [4.69, 9.17) is 5.73 Å². The number of nitrogens with two attached hydrogens (primary N) is 1. The highest BCUT2D eigenvalue weighted by Crippen LogP contribution is 2.29. The van der Waals surface area contributed by atoms with Gasteiger partial charge in [-0.25, -0.2) is 0 Å². The van der Waals surface area contributed by atoms with Gasteiger partial charge in [-0.3, -0.25) is 4.90 Å². The first-order valence-corrected chi connectivity index (χ1v) is 7.97. The van der Waals surface area contributed by atoms with Crippen LogP contribution in [0.5, 0.6) is 0 Å². The molecule has 0 radical (unpaired) electrons. The standard InChI is InChI=1S/C17H27N3/c1-19-16-7-8-17(19)13-20(10-9-16)12-15(11-18)14-5-3-2-4-6-14/h2-6,15-17H,7-13,18H2,1H3. The van der Waals surface area contributed by atoms with Crippen molar-refractivity contribution in [3.63, 3.8) is 0 Å². The average Bonchev–Trinajstić information content (AvgIpc) is 2.73. The molecule has 2 saturated heterocycles. The lowest BCUT2D eigenvalue weighted by molar-refractivity contribution is 0.212. The second kappa shape index (κ2) is 6.25. The first-order chi connectivity index (χ1) is 9.78. The Morgan fingerprint density at radius 2 is 1.90 bits per heavy atom. The summed E-state index contributed by atoms with van der Waals surface area (Å²) in [6.07, 6.45) is 4.09. The van der Waals surface area contributed by atoms with Crippen LogP contribution in [0.4, 0.5) is 0 Å². The van der Waals surface area contributed by atoms with Crippen LogP contribution in [0.15, 0.2) is 30.3 Å². The maximum Gasteiger partial charge on any atom is 0.0223 e. The molecule has 0 saturated carbocycles. The van der Waals surface area contributed by atoms with Gasteiger partial charge in [0, 0.05) is 37.6 Å². The minimum absolute atomic E-state index is 0.470. The largest absolute Gasteiger partial charge is 0.330 e. The topological polar surface area (TPSA) is 32.5 Å². The van der Waals surface area contributed by atoms with E-state index in [1.807, 2.05) is 0 Å². The number of hydrogen-bond donors (Lipinski definition) is 1. The van der Waals surface area contributed by atoms with Crippen molar-refractivity contribution in [2.45, 2.75) is 37.3 Å². The lowest BCUT2D eigenvalue weighted by Gasteiger charge is -2.29. The molecule has 2 aliphatic rings. The van der Waals surface area contributed by atoms with Gasteiger partial charge in [-0.15, -0.1) is 0 Å². The molecule has 0 aromatic heterocycles. The summed E-state index contributed by atoms with van der Waals surface area (Å²) in [6, 6.07) is 12.3. The smallest absolute Gasteiger partial charge is 0.0223 e. The molecule has 2 aliphatic heterocycles. The van der Waals surface area contributed by atoms with E-state index < -0.39 is 0 Å². The molecule has 3 unspecified atom stereocenters. The Balaban J connectivity index is 1.65. The molecule has 3 heteroatoms. The van der Waals surface area contributed by atoms with Crippen molar-refractivity contribution in [2.75, 3.05) is 33.2 Å². The normalized spacial score (nSPS) is 29.3. The van der Waals surface area contributed by atoms with Gasteiger partial charge in [-0.1, -0.05) is 30.3 Å². The Kier molecular flexibility index (Phi) is 4.39.